The Bertz CT molecular complexity index is 518. The second-order valence-electron chi connectivity index (χ2n) is 4.24. The second-order valence-corrected chi connectivity index (χ2v) is 6.80. The Balaban J connectivity index is 2.09. The van der Waals surface area contributed by atoms with Crippen molar-refractivity contribution in [1.29, 1.82) is 0 Å². The van der Waals surface area contributed by atoms with E-state index in [0.29, 0.717) is 17.5 Å². The third kappa shape index (κ3) is 3.80. The van der Waals surface area contributed by atoms with Crippen molar-refractivity contribution in [2.75, 3.05) is 29.1 Å². The van der Waals surface area contributed by atoms with E-state index >= 15 is 0 Å². The van der Waals surface area contributed by atoms with Crippen LogP contribution in [0.1, 0.15) is 10.4 Å². The molecule has 1 saturated heterocycles. The van der Waals surface area contributed by atoms with Gasteiger partial charge in [-0.2, -0.15) is 23.5 Å². The van der Waals surface area contributed by atoms with Gasteiger partial charge in [0.1, 0.15) is 5.69 Å². The number of thioether (sulfide) groups is 2. The van der Waals surface area contributed by atoms with Crippen LogP contribution in [-0.2, 0) is 0 Å². The molecule has 6 nitrogen and oxygen atoms in total. The molecular formula is C12H14N2O4S2. The molecule has 0 aliphatic carbocycles. The lowest BCUT2D eigenvalue weighted by atomic mass is 10.1. The van der Waals surface area contributed by atoms with Crippen LogP contribution in [0.25, 0.3) is 0 Å². The lowest BCUT2D eigenvalue weighted by Gasteiger charge is -2.21. The molecule has 1 aliphatic heterocycles. The molecule has 2 N–H and O–H groups in total. The molecule has 20 heavy (non-hydrogen) atoms. The Morgan fingerprint density at radius 2 is 2.30 bits per heavy atom. The average Bonchev–Trinajstić information content (AvgIpc) is 2.45. The average molecular weight is 314 g/mol. The van der Waals surface area contributed by atoms with Crippen LogP contribution in [0, 0.1) is 10.1 Å². The largest absolute Gasteiger partial charge is 0.478 e. The van der Waals surface area contributed by atoms with Gasteiger partial charge in [-0.25, -0.2) is 4.79 Å². The first kappa shape index (κ1) is 15.0. The van der Waals surface area contributed by atoms with Gasteiger partial charge in [0, 0.05) is 35.1 Å². The second kappa shape index (κ2) is 6.85. The summed E-state index contributed by atoms with van der Waals surface area (Å²) >= 11 is 3.74. The molecule has 0 bridgehead atoms. The summed E-state index contributed by atoms with van der Waals surface area (Å²) in [5.41, 5.74) is 0.0967. The van der Waals surface area contributed by atoms with E-state index in [0.717, 1.165) is 23.3 Å². The van der Waals surface area contributed by atoms with Crippen molar-refractivity contribution in [3.63, 3.8) is 0 Å². The molecule has 2 rings (SSSR count). The lowest BCUT2D eigenvalue weighted by molar-refractivity contribution is -0.384. The molecule has 0 radical (unpaired) electrons. The summed E-state index contributed by atoms with van der Waals surface area (Å²) < 4.78 is 0. The molecule has 8 heteroatoms. The van der Waals surface area contributed by atoms with Crippen molar-refractivity contribution >= 4 is 40.9 Å². The third-order valence-electron chi connectivity index (χ3n) is 2.85. The molecule has 1 fully saturated rings. The number of benzene rings is 1. The summed E-state index contributed by atoms with van der Waals surface area (Å²) in [6, 6.07) is 3.93. The molecule has 1 atom stereocenters. The van der Waals surface area contributed by atoms with Crippen LogP contribution in [0.3, 0.4) is 0 Å². The summed E-state index contributed by atoms with van der Waals surface area (Å²) in [4.78, 5) is 21.3. The van der Waals surface area contributed by atoms with Gasteiger partial charge >= 0.3 is 5.97 Å². The number of nitrogens with zero attached hydrogens (tertiary/aromatic N) is 1. The number of nitro groups is 1. The molecule has 108 valence electrons. The molecule has 1 heterocycles. The van der Waals surface area contributed by atoms with Gasteiger partial charge < -0.3 is 10.4 Å². The predicted octanol–water partition coefficient (Wildman–Crippen LogP) is 2.55. The van der Waals surface area contributed by atoms with Crippen molar-refractivity contribution in [3.8, 4) is 0 Å². The predicted molar refractivity (Wildman–Crippen MR) is 82.1 cm³/mol. The summed E-state index contributed by atoms with van der Waals surface area (Å²) in [6.45, 7) is 0.644. The molecule has 1 unspecified atom stereocenters. The molecular weight excluding hydrogens is 300 g/mol. The van der Waals surface area contributed by atoms with Crippen LogP contribution in [-0.4, -0.2) is 45.1 Å². The number of nitro benzene ring substituents is 1. The summed E-state index contributed by atoms with van der Waals surface area (Å²) in [5, 5.41) is 23.4. The van der Waals surface area contributed by atoms with Crippen LogP contribution in [0.2, 0.25) is 0 Å². The van der Waals surface area contributed by atoms with Crippen LogP contribution in [0.5, 0.6) is 0 Å². The molecule has 0 amide bonds. The fourth-order valence-electron chi connectivity index (χ4n) is 1.84. The van der Waals surface area contributed by atoms with Gasteiger partial charge in [0.15, 0.2) is 0 Å². The smallest absolute Gasteiger partial charge is 0.335 e. The number of rotatable bonds is 5. The van der Waals surface area contributed by atoms with E-state index in [4.69, 9.17) is 5.11 Å². The van der Waals surface area contributed by atoms with E-state index in [1.54, 1.807) is 0 Å². The highest BCUT2D eigenvalue weighted by molar-refractivity contribution is 8.06. The van der Waals surface area contributed by atoms with Gasteiger partial charge in [-0.15, -0.1) is 0 Å². The minimum atomic E-state index is -1.17. The monoisotopic (exact) mass is 314 g/mol. The number of carbonyl (C=O) groups is 1. The van der Waals surface area contributed by atoms with Crippen molar-refractivity contribution in [3.05, 3.63) is 33.9 Å². The van der Waals surface area contributed by atoms with Crippen molar-refractivity contribution in [2.45, 2.75) is 5.25 Å². The minimum absolute atomic E-state index is 0.0788. The maximum atomic E-state index is 11.0. The highest BCUT2D eigenvalue weighted by Crippen LogP contribution is 2.28. The fraction of sp³-hybridized carbons (Fsp3) is 0.417. The first-order chi connectivity index (χ1) is 9.58. The van der Waals surface area contributed by atoms with Crippen molar-refractivity contribution in [1.82, 2.24) is 0 Å². The molecule has 0 aromatic heterocycles. The quantitative estimate of drug-likeness (QED) is 0.637. The van der Waals surface area contributed by atoms with Gasteiger partial charge in [0.05, 0.1) is 10.5 Å². The van der Waals surface area contributed by atoms with E-state index in [1.165, 1.54) is 12.1 Å². The standard InChI is InChI=1S/C12H14N2O4S2/c15-12(16)8-1-2-10(11(5-8)14(17)18)13-6-9-7-19-3-4-20-9/h1-2,5,9,13H,3-4,6-7H2,(H,15,16). The topological polar surface area (TPSA) is 92.5 Å². The highest BCUT2D eigenvalue weighted by atomic mass is 32.2. The number of hydrogen-bond acceptors (Lipinski definition) is 6. The number of anilines is 1. The van der Waals surface area contributed by atoms with E-state index in [9.17, 15) is 14.9 Å². The number of nitrogens with one attached hydrogen (secondary N) is 1. The minimum Gasteiger partial charge on any atom is -0.478 e. The Kier molecular flexibility index (Phi) is 5.13. The van der Waals surface area contributed by atoms with Crippen LogP contribution in [0.4, 0.5) is 11.4 Å². The Morgan fingerprint density at radius 3 is 2.90 bits per heavy atom. The molecule has 0 saturated carbocycles. The van der Waals surface area contributed by atoms with Crippen LogP contribution < -0.4 is 5.32 Å². The van der Waals surface area contributed by atoms with Gasteiger partial charge in [-0.3, -0.25) is 10.1 Å². The Hall–Kier alpha value is -1.41. The molecule has 1 aromatic rings. The van der Waals surface area contributed by atoms with Crippen molar-refractivity contribution < 1.29 is 14.8 Å². The number of hydrogen-bond donors (Lipinski definition) is 2. The van der Waals surface area contributed by atoms with E-state index in [1.807, 2.05) is 23.5 Å². The first-order valence-corrected chi connectivity index (χ1v) is 8.23. The zero-order valence-corrected chi connectivity index (χ0v) is 12.2. The summed E-state index contributed by atoms with van der Waals surface area (Å²) in [6.07, 6.45) is 0. The SMILES string of the molecule is O=C(O)c1ccc(NCC2CSCCS2)c([N+](=O)[O-])c1. The zero-order chi connectivity index (χ0) is 14.5. The van der Waals surface area contributed by atoms with Gasteiger partial charge in [-0.05, 0) is 12.1 Å². The number of carboxylic acids is 1. The summed E-state index contributed by atoms with van der Waals surface area (Å²) in [7, 11) is 0. The molecule has 1 aliphatic rings. The maximum Gasteiger partial charge on any atom is 0.335 e. The van der Waals surface area contributed by atoms with Gasteiger partial charge in [0.2, 0.25) is 0 Å². The van der Waals surface area contributed by atoms with Crippen LogP contribution >= 0.6 is 23.5 Å². The van der Waals surface area contributed by atoms with E-state index in [-0.39, 0.29) is 11.3 Å². The maximum absolute atomic E-state index is 11.0. The Morgan fingerprint density at radius 1 is 1.50 bits per heavy atom. The van der Waals surface area contributed by atoms with Crippen molar-refractivity contribution in [2.24, 2.45) is 0 Å². The summed E-state index contributed by atoms with van der Waals surface area (Å²) in [5.74, 6) is 2.10. The number of aromatic carboxylic acids is 1. The van der Waals surface area contributed by atoms with Gasteiger partial charge in [-0.1, -0.05) is 0 Å². The zero-order valence-electron chi connectivity index (χ0n) is 10.6. The first-order valence-electron chi connectivity index (χ1n) is 6.03. The van der Waals surface area contributed by atoms with E-state index < -0.39 is 10.9 Å². The highest BCUT2D eigenvalue weighted by Gasteiger charge is 2.19. The normalized spacial score (nSPS) is 18.5. The van der Waals surface area contributed by atoms with E-state index in [2.05, 4.69) is 5.32 Å². The third-order valence-corrected chi connectivity index (χ3v) is 5.69. The fourth-order valence-corrected chi connectivity index (χ4v) is 4.46. The Labute approximate surface area is 124 Å². The molecule has 1 aromatic carbocycles. The van der Waals surface area contributed by atoms with Crippen LogP contribution in [0.15, 0.2) is 18.2 Å². The lowest BCUT2D eigenvalue weighted by Crippen LogP contribution is -2.23. The molecule has 0 spiro atoms. The number of carboxylic acid groups (broad SMARTS) is 1. The van der Waals surface area contributed by atoms with Gasteiger partial charge in [0.25, 0.3) is 5.69 Å².